The van der Waals surface area contributed by atoms with E-state index in [1.807, 2.05) is 26.8 Å². The Balaban J connectivity index is 2.85. The van der Waals surface area contributed by atoms with Crippen molar-refractivity contribution in [3.8, 4) is 0 Å². The van der Waals surface area contributed by atoms with Gasteiger partial charge >= 0.3 is 0 Å². The highest BCUT2D eigenvalue weighted by Crippen LogP contribution is 2.19. The van der Waals surface area contributed by atoms with E-state index < -0.39 is 0 Å². The topological polar surface area (TPSA) is 55.2 Å². The van der Waals surface area contributed by atoms with Gasteiger partial charge in [-0.05, 0) is 12.5 Å². The van der Waals surface area contributed by atoms with Gasteiger partial charge in [-0.25, -0.2) is 0 Å². The number of nitro groups is 1. The summed E-state index contributed by atoms with van der Waals surface area (Å²) in [5, 5.41) is 13.9. The molecule has 1 aromatic rings. The number of nitrogens with one attached hydrogen (secondary N) is 1. The third-order valence-corrected chi connectivity index (χ3v) is 2.16. The summed E-state index contributed by atoms with van der Waals surface area (Å²) in [6.45, 7) is 6.10. The summed E-state index contributed by atoms with van der Waals surface area (Å²) in [5.74, 6) is 0. The first-order valence-corrected chi connectivity index (χ1v) is 5.01. The van der Waals surface area contributed by atoms with E-state index >= 15 is 0 Å². The highest BCUT2D eigenvalue weighted by Gasteiger charge is 2.10. The zero-order chi connectivity index (χ0) is 11.4. The van der Waals surface area contributed by atoms with Crippen molar-refractivity contribution in [2.45, 2.75) is 32.9 Å². The number of benzene rings is 1. The molecule has 0 aliphatic heterocycles. The Labute approximate surface area is 89.5 Å². The number of hydrogen-bond donors (Lipinski definition) is 1. The summed E-state index contributed by atoms with van der Waals surface area (Å²) in [5.41, 5.74) is 1.09. The van der Waals surface area contributed by atoms with Crippen molar-refractivity contribution < 1.29 is 4.92 Å². The van der Waals surface area contributed by atoms with Crippen molar-refractivity contribution in [3.63, 3.8) is 0 Å². The minimum atomic E-state index is -0.369. The number of nitro benzene ring substituents is 1. The van der Waals surface area contributed by atoms with E-state index in [1.54, 1.807) is 12.1 Å². The van der Waals surface area contributed by atoms with Gasteiger partial charge in [-0.15, -0.1) is 0 Å². The van der Waals surface area contributed by atoms with Gasteiger partial charge in [0.2, 0.25) is 0 Å². The normalized spacial score (nSPS) is 12.8. The van der Waals surface area contributed by atoms with Gasteiger partial charge in [0.25, 0.3) is 5.69 Å². The van der Waals surface area contributed by atoms with Gasteiger partial charge in [0.15, 0.2) is 0 Å². The molecule has 4 nitrogen and oxygen atoms in total. The molecular weight excluding hydrogens is 192 g/mol. The first-order valence-electron chi connectivity index (χ1n) is 5.01. The molecule has 0 aromatic heterocycles. The first-order chi connectivity index (χ1) is 7.00. The second-order valence-corrected chi connectivity index (χ2v) is 3.90. The van der Waals surface area contributed by atoms with E-state index in [9.17, 15) is 10.1 Å². The Hall–Kier alpha value is -1.42. The van der Waals surface area contributed by atoms with E-state index in [4.69, 9.17) is 0 Å². The number of nitrogens with zero attached hydrogens (tertiary/aromatic N) is 1. The maximum absolute atomic E-state index is 10.6. The van der Waals surface area contributed by atoms with Crippen LogP contribution in [0.5, 0.6) is 0 Å². The summed E-state index contributed by atoms with van der Waals surface area (Å²) in [6, 6.07) is 7.22. The van der Waals surface area contributed by atoms with Crippen LogP contribution in [0.2, 0.25) is 0 Å². The SMILES string of the molecule is CC(C)NC(C)c1cccc([N+](=O)[O-])c1. The third kappa shape index (κ3) is 3.32. The van der Waals surface area contributed by atoms with E-state index in [-0.39, 0.29) is 16.7 Å². The summed E-state index contributed by atoms with van der Waals surface area (Å²) < 4.78 is 0. The van der Waals surface area contributed by atoms with Gasteiger partial charge < -0.3 is 5.32 Å². The lowest BCUT2D eigenvalue weighted by molar-refractivity contribution is -0.384. The zero-order valence-electron chi connectivity index (χ0n) is 9.23. The molecule has 1 rings (SSSR count). The Bertz CT molecular complexity index is 350. The summed E-state index contributed by atoms with van der Waals surface area (Å²) in [7, 11) is 0. The van der Waals surface area contributed by atoms with Crippen molar-refractivity contribution in [2.75, 3.05) is 0 Å². The van der Waals surface area contributed by atoms with Crippen molar-refractivity contribution in [2.24, 2.45) is 0 Å². The highest BCUT2D eigenvalue weighted by molar-refractivity contribution is 5.35. The third-order valence-electron chi connectivity index (χ3n) is 2.16. The quantitative estimate of drug-likeness (QED) is 0.611. The van der Waals surface area contributed by atoms with Gasteiger partial charge in [-0.1, -0.05) is 26.0 Å². The predicted octanol–water partition coefficient (Wildman–Crippen LogP) is 2.65. The fraction of sp³-hybridized carbons (Fsp3) is 0.455. The summed E-state index contributed by atoms with van der Waals surface area (Å²) >= 11 is 0. The maximum atomic E-state index is 10.6. The van der Waals surface area contributed by atoms with Crippen molar-refractivity contribution in [1.82, 2.24) is 5.32 Å². The molecule has 0 saturated heterocycles. The van der Waals surface area contributed by atoms with Crippen LogP contribution in [0.25, 0.3) is 0 Å². The minimum absolute atomic E-state index is 0.130. The highest BCUT2D eigenvalue weighted by atomic mass is 16.6. The van der Waals surface area contributed by atoms with Crippen LogP contribution in [0.1, 0.15) is 32.4 Å². The molecule has 82 valence electrons. The van der Waals surface area contributed by atoms with Crippen LogP contribution in [-0.2, 0) is 0 Å². The van der Waals surface area contributed by atoms with Gasteiger partial charge in [-0.3, -0.25) is 10.1 Å². The molecule has 4 heteroatoms. The van der Waals surface area contributed by atoms with E-state index in [1.165, 1.54) is 6.07 Å². The number of hydrogen-bond acceptors (Lipinski definition) is 3. The molecule has 1 N–H and O–H groups in total. The molecule has 0 amide bonds. The fourth-order valence-electron chi connectivity index (χ4n) is 1.50. The van der Waals surface area contributed by atoms with Gasteiger partial charge in [0.05, 0.1) is 4.92 Å². The zero-order valence-corrected chi connectivity index (χ0v) is 9.23. The molecule has 0 fully saturated rings. The van der Waals surface area contributed by atoms with Crippen molar-refractivity contribution >= 4 is 5.69 Å². The van der Waals surface area contributed by atoms with Gasteiger partial charge in [0, 0.05) is 24.2 Å². The Morgan fingerprint density at radius 3 is 2.53 bits per heavy atom. The van der Waals surface area contributed by atoms with Gasteiger partial charge in [-0.2, -0.15) is 0 Å². The lowest BCUT2D eigenvalue weighted by atomic mass is 10.1. The van der Waals surface area contributed by atoms with Crippen LogP contribution in [0.4, 0.5) is 5.69 Å². The number of rotatable bonds is 4. The second-order valence-electron chi connectivity index (χ2n) is 3.90. The lowest BCUT2D eigenvalue weighted by Gasteiger charge is -2.16. The Morgan fingerprint density at radius 2 is 2.00 bits per heavy atom. The fourth-order valence-corrected chi connectivity index (χ4v) is 1.50. The molecule has 0 spiro atoms. The van der Waals surface area contributed by atoms with Crippen LogP contribution in [-0.4, -0.2) is 11.0 Å². The van der Waals surface area contributed by atoms with E-state index in [0.717, 1.165) is 5.56 Å². The monoisotopic (exact) mass is 208 g/mol. The molecule has 0 aliphatic rings. The molecule has 1 atom stereocenters. The maximum Gasteiger partial charge on any atom is 0.269 e. The summed E-state index contributed by atoms with van der Waals surface area (Å²) in [6.07, 6.45) is 0. The minimum Gasteiger partial charge on any atom is -0.308 e. The van der Waals surface area contributed by atoms with Crippen LogP contribution in [0.3, 0.4) is 0 Å². The van der Waals surface area contributed by atoms with Crippen LogP contribution in [0, 0.1) is 10.1 Å². The van der Waals surface area contributed by atoms with E-state index in [2.05, 4.69) is 5.32 Å². The molecule has 0 saturated carbocycles. The average Bonchev–Trinajstić information content (AvgIpc) is 2.17. The van der Waals surface area contributed by atoms with E-state index in [0.29, 0.717) is 6.04 Å². The molecule has 1 unspecified atom stereocenters. The lowest BCUT2D eigenvalue weighted by Crippen LogP contribution is -2.25. The smallest absolute Gasteiger partial charge is 0.269 e. The van der Waals surface area contributed by atoms with Crippen LogP contribution in [0.15, 0.2) is 24.3 Å². The molecule has 0 radical (unpaired) electrons. The molecular formula is C11H16N2O2. The van der Waals surface area contributed by atoms with Crippen molar-refractivity contribution in [1.29, 1.82) is 0 Å². The van der Waals surface area contributed by atoms with Gasteiger partial charge in [0.1, 0.15) is 0 Å². The van der Waals surface area contributed by atoms with Crippen LogP contribution < -0.4 is 5.32 Å². The second kappa shape index (κ2) is 4.89. The molecule has 0 heterocycles. The standard InChI is InChI=1S/C11H16N2O2/c1-8(2)12-9(3)10-5-4-6-11(7-10)13(14)15/h4-9,12H,1-3H3. The Kier molecular flexibility index (Phi) is 3.80. The van der Waals surface area contributed by atoms with Crippen LogP contribution >= 0.6 is 0 Å². The molecule has 1 aromatic carbocycles. The first kappa shape index (κ1) is 11.7. The molecule has 0 bridgehead atoms. The molecule has 0 aliphatic carbocycles. The number of non-ortho nitro benzene ring substituents is 1. The summed E-state index contributed by atoms with van der Waals surface area (Å²) in [4.78, 5) is 10.2. The average molecular weight is 208 g/mol. The molecule has 15 heavy (non-hydrogen) atoms. The largest absolute Gasteiger partial charge is 0.308 e. The van der Waals surface area contributed by atoms with Crippen molar-refractivity contribution in [3.05, 3.63) is 39.9 Å². The Morgan fingerprint density at radius 1 is 1.33 bits per heavy atom. The predicted molar refractivity (Wildman–Crippen MR) is 59.8 cm³/mol.